The van der Waals surface area contributed by atoms with Crippen LogP contribution in [-0.2, 0) is 6.54 Å². The summed E-state index contributed by atoms with van der Waals surface area (Å²) in [5.74, 6) is 0.628. The number of nitrogen functional groups attached to an aromatic ring is 1. The van der Waals surface area contributed by atoms with E-state index < -0.39 is 0 Å². The van der Waals surface area contributed by atoms with Crippen LogP contribution in [0, 0.1) is 22.7 Å². The third-order valence-corrected chi connectivity index (χ3v) is 3.91. The lowest BCUT2D eigenvalue weighted by Gasteiger charge is -2.12. The van der Waals surface area contributed by atoms with E-state index in [2.05, 4.69) is 11.1 Å². The van der Waals surface area contributed by atoms with Crippen LogP contribution in [0.15, 0.2) is 52.0 Å². The van der Waals surface area contributed by atoms with Gasteiger partial charge in [-0.15, -0.1) is 0 Å². The molecule has 0 saturated carbocycles. The Morgan fingerprint density at radius 1 is 1.27 bits per heavy atom. The highest BCUT2D eigenvalue weighted by Gasteiger charge is 2.16. The highest BCUT2D eigenvalue weighted by molar-refractivity contribution is 5.81. The van der Waals surface area contributed by atoms with E-state index in [-0.39, 0.29) is 16.9 Å². The molecule has 0 amide bonds. The molecular formula is C19H15N5O2. The van der Waals surface area contributed by atoms with Gasteiger partial charge >= 0.3 is 0 Å². The molecule has 3 rings (SSSR count). The van der Waals surface area contributed by atoms with E-state index in [1.165, 1.54) is 12.3 Å². The highest BCUT2D eigenvalue weighted by atomic mass is 16.3. The number of aromatic nitrogens is 2. The van der Waals surface area contributed by atoms with Gasteiger partial charge in [0, 0.05) is 36.4 Å². The van der Waals surface area contributed by atoms with Gasteiger partial charge in [0.15, 0.2) is 5.76 Å². The molecule has 0 aliphatic rings. The van der Waals surface area contributed by atoms with Gasteiger partial charge in [0.05, 0.1) is 17.9 Å². The first-order chi connectivity index (χ1) is 12.6. The Hall–Kier alpha value is -3.84. The Balaban J connectivity index is 2.14. The number of hydrogen-bond donors (Lipinski definition) is 1. The van der Waals surface area contributed by atoms with Crippen molar-refractivity contribution >= 4 is 5.82 Å². The monoisotopic (exact) mass is 345 g/mol. The normalized spacial score (nSPS) is 10.2. The van der Waals surface area contributed by atoms with Crippen LogP contribution in [-0.4, -0.2) is 9.55 Å². The van der Waals surface area contributed by atoms with E-state index in [1.807, 2.05) is 6.07 Å². The van der Waals surface area contributed by atoms with Crippen molar-refractivity contribution in [2.24, 2.45) is 0 Å². The first-order valence-electron chi connectivity index (χ1n) is 7.96. The third kappa shape index (κ3) is 3.33. The summed E-state index contributed by atoms with van der Waals surface area (Å²) >= 11 is 0. The number of anilines is 1. The Kier molecular flexibility index (Phi) is 4.82. The van der Waals surface area contributed by atoms with Crippen molar-refractivity contribution in [1.29, 1.82) is 10.5 Å². The van der Waals surface area contributed by atoms with Gasteiger partial charge in [-0.1, -0.05) is 0 Å². The molecule has 0 atom stereocenters. The number of nitrogens with zero attached hydrogens (tertiary/aromatic N) is 4. The van der Waals surface area contributed by atoms with Crippen molar-refractivity contribution in [2.75, 3.05) is 5.73 Å². The number of furan rings is 1. The minimum absolute atomic E-state index is 0.116. The van der Waals surface area contributed by atoms with Crippen LogP contribution in [0.3, 0.4) is 0 Å². The number of pyridine rings is 2. The van der Waals surface area contributed by atoms with Crippen molar-refractivity contribution in [3.8, 4) is 34.7 Å². The molecule has 0 bridgehead atoms. The average Bonchev–Trinajstić information content (AvgIpc) is 3.18. The van der Waals surface area contributed by atoms with Gasteiger partial charge in [-0.25, -0.2) is 4.98 Å². The van der Waals surface area contributed by atoms with Crippen LogP contribution < -0.4 is 11.3 Å². The van der Waals surface area contributed by atoms with Crippen LogP contribution >= 0.6 is 0 Å². The summed E-state index contributed by atoms with van der Waals surface area (Å²) in [6.07, 6.45) is 4.17. The first-order valence-corrected chi connectivity index (χ1v) is 7.96. The zero-order chi connectivity index (χ0) is 18.5. The van der Waals surface area contributed by atoms with Gasteiger partial charge < -0.3 is 14.7 Å². The van der Waals surface area contributed by atoms with E-state index in [1.54, 1.807) is 35.0 Å². The first kappa shape index (κ1) is 17.0. The molecule has 7 heteroatoms. The lowest BCUT2D eigenvalue weighted by molar-refractivity contribution is 0.580. The molecule has 3 aromatic heterocycles. The van der Waals surface area contributed by atoms with Gasteiger partial charge in [-0.2, -0.15) is 10.5 Å². The summed E-state index contributed by atoms with van der Waals surface area (Å²) in [5.41, 5.74) is 7.79. The van der Waals surface area contributed by atoms with Crippen molar-refractivity contribution in [2.45, 2.75) is 19.4 Å². The molecule has 0 radical (unpaired) electrons. The molecule has 3 aromatic rings. The Morgan fingerprint density at radius 2 is 2.12 bits per heavy atom. The molecular weight excluding hydrogens is 330 g/mol. The molecule has 0 aliphatic carbocycles. The van der Waals surface area contributed by atoms with Crippen molar-refractivity contribution in [1.82, 2.24) is 9.55 Å². The maximum atomic E-state index is 12.1. The Morgan fingerprint density at radius 3 is 2.81 bits per heavy atom. The SMILES string of the molecule is N#CCCCn1cc(-c2cc(C#N)c(N)nc2-c2ccco2)ccc1=O. The molecule has 2 N–H and O–H groups in total. The van der Waals surface area contributed by atoms with Crippen LogP contribution in [0.1, 0.15) is 18.4 Å². The fraction of sp³-hybridized carbons (Fsp3) is 0.158. The standard InChI is InChI=1S/C19H15N5O2/c20-7-1-2-8-24-12-13(5-6-17(24)25)15-10-14(11-21)19(22)23-18(15)16-4-3-9-26-16/h3-6,9-10,12H,1-2,8H2,(H2,22,23). The molecule has 0 saturated heterocycles. The van der Waals surface area contributed by atoms with Gasteiger partial charge in [0.2, 0.25) is 0 Å². The molecule has 0 aromatic carbocycles. The second-order valence-electron chi connectivity index (χ2n) is 5.62. The van der Waals surface area contributed by atoms with E-state index in [0.29, 0.717) is 42.0 Å². The summed E-state index contributed by atoms with van der Waals surface area (Å²) in [4.78, 5) is 16.4. The van der Waals surface area contributed by atoms with Crippen LogP contribution in [0.25, 0.3) is 22.6 Å². The van der Waals surface area contributed by atoms with Crippen molar-refractivity contribution in [3.05, 3.63) is 58.7 Å². The molecule has 0 fully saturated rings. The Labute approximate surface area is 149 Å². The predicted molar refractivity (Wildman–Crippen MR) is 95.6 cm³/mol. The second-order valence-corrected chi connectivity index (χ2v) is 5.62. The lowest BCUT2D eigenvalue weighted by Crippen LogP contribution is -2.18. The molecule has 128 valence electrons. The molecule has 3 heterocycles. The zero-order valence-corrected chi connectivity index (χ0v) is 13.8. The van der Waals surface area contributed by atoms with Crippen LogP contribution in [0.4, 0.5) is 5.82 Å². The minimum Gasteiger partial charge on any atom is -0.463 e. The topological polar surface area (TPSA) is 122 Å². The lowest BCUT2D eigenvalue weighted by atomic mass is 10.0. The summed E-state index contributed by atoms with van der Waals surface area (Å²) in [5, 5.41) is 17.9. The average molecular weight is 345 g/mol. The van der Waals surface area contributed by atoms with Gasteiger partial charge in [-0.05, 0) is 30.7 Å². The fourth-order valence-electron chi connectivity index (χ4n) is 2.63. The van der Waals surface area contributed by atoms with E-state index in [4.69, 9.17) is 15.4 Å². The molecule has 26 heavy (non-hydrogen) atoms. The number of unbranched alkanes of at least 4 members (excludes halogenated alkanes) is 1. The van der Waals surface area contributed by atoms with Gasteiger partial charge in [0.25, 0.3) is 5.56 Å². The highest BCUT2D eigenvalue weighted by Crippen LogP contribution is 2.32. The number of aryl methyl sites for hydroxylation is 1. The van der Waals surface area contributed by atoms with Gasteiger partial charge in [-0.3, -0.25) is 4.79 Å². The maximum absolute atomic E-state index is 12.1. The quantitative estimate of drug-likeness (QED) is 0.709. The smallest absolute Gasteiger partial charge is 0.250 e. The summed E-state index contributed by atoms with van der Waals surface area (Å²) in [7, 11) is 0. The number of rotatable bonds is 5. The molecule has 7 nitrogen and oxygen atoms in total. The molecule has 0 unspecified atom stereocenters. The summed E-state index contributed by atoms with van der Waals surface area (Å²) < 4.78 is 6.98. The number of nitriles is 2. The molecule has 0 aliphatic heterocycles. The van der Waals surface area contributed by atoms with Crippen LogP contribution in [0.2, 0.25) is 0 Å². The predicted octanol–water partition coefficient (Wildman–Crippen LogP) is 2.93. The fourth-order valence-corrected chi connectivity index (χ4v) is 2.63. The number of hydrogen-bond acceptors (Lipinski definition) is 6. The Bertz CT molecular complexity index is 1070. The number of nitrogens with two attached hydrogens (primary N) is 1. The minimum atomic E-state index is -0.157. The third-order valence-electron chi connectivity index (χ3n) is 3.91. The summed E-state index contributed by atoms with van der Waals surface area (Å²) in [6.45, 7) is 0.434. The van der Waals surface area contributed by atoms with Gasteiger partial charge in [0.1, 0.15) is 17.6 Å². The van der Waals surface area contributed by atoms with Crippen molar-refractivity contribution < 1.29 is 4.42 Å². The summed E-state index contributed by atoms with van der Waals surface area (Å²) in [6, 6.07) is 12.3. The second kappa shape index (κ2) is 7.37. The zero-order valence-electron chi connectivity index (χ0n) is 13.8. The van der Waals surface area contributed by atoms with Crippen LogP contribution in [0.5, 0.6) is 0 Å². The van der Waals surface area contributed by atoms with E-state index in [0.717, 1.165) is 0 Å². The molecule has 0 spiro atoms. The van der Waals surface area contributed by atoms with Crippen molar-refractivity contribution in [3.63, 3.8) is 0 Å². The van der Waals surface area contributed by atoms with E-state index >= 15 is 0 Å². The van der Waals surface area contributed by atoms with E-state index in [9.17, 15) is 10.1 Å². The maximum Gasteiger partial charge on any atom is 0.250 e. The largest absolute Gasteiger partial charge is 0.463 e.